The van der Waals surface area contributed by atoms with Gasteiger partial charge in [0.05, 0.1) is 11.5 Å². The van der Waals surface area contributed by atoms with Gasteiger partial charge in [0, 0.05) is 13.1 Å². The molecule has 7 heteroatoms. The quantitative estimate of drug-likeness (QED) is 0.822. The highest BCUT2D eigenvalue weighted by Crippen LogP contribution is 2.20. The van der Waals surface area contributed by atoms with Gasteiger partial charge < -0.3 is 4.90 Å². The molecule has 1 atom stereocenters. The summed E-state index contributed by atoms with van der Waals surface area (Å²) < 4.78 is 49.7. The van der Waals surface area contributed by atoms with E-state index in [1.807, 2.05) is 0 Å². The van der Waals surface area contributed by atoms with Crippen molar-refractivity contribution in [3.8, 4) is 0 Å². The summed E-state index contributed by atoms with van der Waals surface area (Å²) in [5.74, 6) is -2.89. The van der Waals surface area contributed by atoms with Crippen molar-refractivity contribution in [3.05, 3.63) is 35.4 Å². The van der Waals surface area contributed by atoms with E-state index in [0.29, 0.717) is 6.42 Å². The highest BCUT2D eigenvalue weighted by Gasteiger charge is 2.34. The van der Waals surface area contributed by atoms with Gasteiger partial charge in [0.1, 0.15) is 17.2 Å². The maximum absolute atomic E-state index is 13.5. The van der Waals surface area contributed by atoms with E-state index in [0.717, 1.165) is 17.0 Å². The highest BCUT2D eigenvalue weighted by molar-refractivity contribution is 7.91. The number of hydrogen-bond donors (Lipinski definition) is 0. The van der Waals surface area contributed by atoms with Crippen molar-refractivity contribution >= 4 is 15.7 Å². The Morgan fingerprint density at radius 3 is 2.37 bits per heavy atom. The highest BCUT2D eigenvalue weighted by atomic mass is 32.2. The van der Waals surface area contributed by atoms with Crippen LogP contribution in [-0.2, 0) is 9.84 Å². The molecule has 19 heavy (non-hydrogen) atoms. The molecule has 1 aromatic carbocycles. The fourth-order valence-electron chi connectivity index (χ4n) is 2.13. The van der Waals surface area contributed by atoms with Crippen molar-refractivity contribution in [2.75, 3.05) is 18.6 Å². The van der Waals surface area contributed by atoms with Gasteiger partial charge in [-0.3, -0.25) is 4.79 Å². The maximum Gasteiger partial charge on any atom is 0.259 e. The summed E-state index contributed by atoms with van der Waals surface area (Å²) >= 11 is 0. The number of hydrogen-bond acceptors (Lipinski definition) is 3. The molecule has 0 bridgehead atoms. The fraction of sp³-hybridized carbons (Fsp3) is 0.417. The van der Waals surface area contributed by atoms with E-state index in [-0.39, 0.29) is 11.5 Å². The molecule has 1 aliphatic heterocycles. The Morgan fingerprint density at radius 1 is 1.32 bits per heavy atom. The van der Waals surface area contributed by atoms with Crippen LogP contribution in [0.4, 0.5) is 8.78 Å². The first-order valence-electron chi connectivity index (χ1n) is 5.73. The number of amides is 1. The van der Waals surface area contributed by atoms with Crippen LogP contribution in [0.15, 0.2) is 18.2 Å². The van der Waals surface area contributed by atoms with Gasteiger partial charge in [-0.2, -0.15) is 0 Å². The van der Waals surface area contributed by atoms with Crippen molar-refractivity contribution in [3.63, 3.8) is 0 Å². The van der Waals surface area contributed by atoms with E-state index in [9.17, 15) is 22.0 Å². The van der Waals surface area contributed by atoms with E-state index in [2.05, 4.69) is 0 Å². The number of rotatable bonds is 2. The molecule has 0 N–H and O–H groups in total. The Labute approximate surface area is 109 Å². The third-order valence-electron chi connectivity index (χ3n) is 3.25. The number of carbonyl (C=O) groups excluding carboxylic acids is 1. The Hall–Kier alpha value is -1.50. The van der Waals surface area contributed by atoms with Gasteiger partial charge in [-0.05, 0) is 18.6 Å². The van der Waals surface area contributed by atoms with Gasteiger partial charge >= 0.3 is 0 Å². The Bertz CT molecular complexity index is 595. The van der Waals surface area contributed by atoms with Gasteiger partial charge in [-0.25, -0.2) is 17.2 Å². The van der Waals surface area contributed by atoms with Crippen LogP contribution in [0, 0.1) is 11.6 Å². The van der Waals surface area contributed by atoms with Gasteiger partial charge in [-0.15, -0.1) is 0 Å². The van der Waals surface area contributed by atoms with Crippen LogP contribution >= 0.6 is 0 Å². The molecule has 104 valence electrons. The lowest BCUT2D eigenvalue weighted by Crippen LogP contribution is -2.38. The molecule has 0 aromatic heterocycles. The summed E-state index contributed by atoms with van der Waals surface area (Å²) in [5.41, 5.74) is -0.644. The van der Waals surface area contributed by atoms with Crippen LogP contribution in [-0.4, -0.2) is 43.8 Å². The van der Waals surface area contributed by atoms with E-state index in [1.165, 1.54) is 13.1 Å². The van der Waals surface area contributed by atoms with E-state index in [4.69, 9.17) is 0 Å². The lowest BCUT2D eigenvalue weighted by atomic mass is 10.1. The summed E-state index contributed by atoms with van der Waals surface area (Å²) in [6.45, 7) is 0. The van der Waals surface area contributed by atoms with Gasteiger partial charge in [-0.1, -0.05) is 6.07 Å². The monoisotopic (exact) mass is 289 g/mol. The second kappa shape index (κ2) is 4.88. The molecule has 4 nitrogen and oxygen atoms in total. The largest absolute Gasteiger partial charge is 0.337 e. The normalized spacial score (nSPS) is 21.3. The summed E-state index contributed by atoms with van der Waals surface area (Å²) in [7, 11) is -1.80. The van der Waals surface area contributed by atoms with Crippen molar-refractivity contribution in [1.29, 1.82) is 0 Å². The van der Waals surface area contributed by atoms with Crippen LogP contribution in [0.25, 0.3) is 0 Å². The molecule has 1 unspecified atom stereocenters. The second-order valence-electron chi connectivity index (χ2n) is 4.57. The molecule has 0 radical (unpaired) electrons. The Balaban J connectivity index is 2.25. The van der Waals surface area contributed by atoms with Crippen LogP contribution in [0.2, 0.25) is 0 Å². The maximum atomic E-state index is 13.5. The van der Waals surface area contributed by atoms with Crippen LogP contribution in [0.1, 0.15) is 16.8 Å². The molecule has 1 saturated heterocycles. The standard InChI is InChI=1S/C12H13F2NO3S/c1-15(8-5-6-19(17,18)7-8)12(16)11-9(13)3-2-4-10(11)14/h2-4,8H,5-7H2,1H3. The van der Waals surface area contributed by atoms with Crippen LogP contribution < -0.4 is 0 Å². The zero-order chi connectivity index (χ0) is 14.2. The van der Waals surface area contributed by atoms with Crippen molar-refractivity contribution in [1.82, 2.24) is 4.90 Å². The van der Waals surface area contributed by atoms with Crippen LogP contribution in [0.5, 0.6) is 0 Å². The molecule has 1 aliphatic rings. The average Bonchev–Trinajstić information content (AvgIpc) is 2.68. The molecule has 0 spiro atoms. The SMILES string of the molecule is CN(C(=O)c1c(F)cccc1F)C1CCS(=O)(=O)C1. The molecule has 0 saturated carbocycles. The topological polar surface area (TPSA) is 54.5 Å². The number of sulfone groups is 1. The lowest BCUT2D eigenvalue weighted by molar-refractivity contribution is 0.0738. The minimum Gasteiger partial charge on any atom is -0.337 e. The Kier molecular flexibility index (Phi) is 3.58. The van der Waals surface area contributed by atoms with Crippen LogP contribution in [0.3, 0.4) is 0 Å². The van der Waals surface area contributed by atoms with E-state index in [1.54, 1.807) is 0 Å². The molecule has 1 aromatic rings. The number of carbonyl (C=O) groups is 1. The van der Waals surface area contributed by atoms with Crippen molar-refractivity contribution in [2.45, 2.75) is 12.5 Å². The first-order chi connectivity index (χ1) is 8.82. The lowest BCUT2D eigenvalue weighted by Gasteiger charge is -2.23. The average molecular weight is 289 g/mol. The molecule has 1 amide bonds. The van der Waals surface area contributed by atoms with E-state index < -0.39 is 39.0 Å². The van der Waals surface area contributed by atoms with Gasteiger partial charge in [0.25, 0.3) is 5.91 Å². The number of nitrogens with zero attached hydrogens (tertiary/aromatic N) is 1. The summed E-state index contributed by atoms with van der Waals surface area (Å²) in [6.07, 6.45) is 0.292. The Morgan fingerprint density at radius 2 is 1.89 bits per heavy atom. The summed E-state index contributed by atoms with van der Waals surface area (Å²) in [5, 5.41) is 0. The fourth-order valence-corrected chi connectivity index (χ4v) is 3.90. The predicted octanol–water partition coefficient (Wildman–Crippen LogP) is 1.22. The van der Waals surface area contributed by atoms with Gasteiger partial charge in [0.15, 0.2) is 9.84 Å². The summed E-state index contributed by atoms with van der Waals surface area (Å²) in [6, 6.07) is 2.63. The number of halogens is 2. The second-order valence-corrected chi connectivity index (χ2v) is 6.80. The molecule has 0 aliphatic carbocycles. The zero-order valence-corrected chi connectivity index (χ0v) is 11.1. The first-order valence-corrected chi connectivity index (χ1v) is 7.55. The number of benzene rings is 1. The van der Waals surface area contributed by atoms with Crippen molar-refractivity contribution < 1.29 is 22.0 Å². The zero-order valence-electron chi connectivity index (χ0n) is 10.3. The molecule has 2 rings (SSSR count). The third kappa shape index (κ3) is 2.75. The molecule has 1 heterocycles. The first kappa shape index (κ1) is 13.9. The predicted molar refractivity (Wildman–Crippen MR) is 65.5 cm³/mol. The molecule has 1 fully saturated rings. The molecular formula is C12H13F2NO3S. The smallest absolute Gasteiger partial charge is 0.259 e. The minimum atomic E-state index is -3.16. The molecular weight excluding hydrogens is 276 g/mol. The third-order valence-corrected chi connectivity index (χ3v) is 5.00. The van der Waals surface area contributed by atoms with Gasteiger partial charge in [0.2, 0.25) is 0 Å². The summed E-state index contributed by atoms with van der Waals surface area (Å²) in [4.78, 5) is 13.1. The van der Waals surface area contributed by atoms with E-state index >= 15 is 0 Å². The minimum absolute atomic E-state index is 0.00492. The van der Waals surface area contributed by atoms with Crippen molar-refractivity contribution in [2.24, 2.45) is 0 Å².